The van der Waals surface area contributed by atoms with E-state index < -0.39 is 11.8 Å². The van der Waals surface area contributed by atoms with E-state index in [0.29, 0.717) is 5.35 Å². The van der Waals surface area contributed by atoms with E-state index in [2.05, 4.69) is 14.9 Å². The van der Waals surface area contributed by atoms with Crippen molar-refractivity contribution in [2.45, 2.75) is 20.3 Å². The van der Waals surface area contributed by atoms with Crippen LogP contribution >= 0.6 is 0 Å². The Balaban J connectivity index is 3.53. The van der Waals surface area contributed by atoms with Crippen molar-refractivity contribution in [1.29, 1.82) is 0 Å². The van der Waals surface area contributed by atoms with Crippen molar-refractivity contribution in [3.05, 3.63) is 16.3 Å². The van der Waals surface area contributed by atoms with Gasteiger partial charge in [-0.15, -0.1) is 0 Å². The first-order chi connectivity index (χ1) is 7.11. The van der Waals surface area contributed by atoms with Crippen LogP contribution in [0.15, 0.2) is 0 Å². The molecule has 0 fully saturated rings. The molecule has 15 heavy (non-hydrogen) atoms. The summed E-state index contributed by atoms with van der Waals surface area (Å²) in [6.45, 7) is 3.19. The third-order valence-electron chi connectivity index (χ3n) is 1.93. The summed E-state index contributed by atoms with van der Waals surface area (Å²) in [7, 11) is 1.23. The van der Waals surface area contributed by atoms with Gasteiger partial charge in [0.2, 0.25) is 0 Å². The maximum atomic E-state index is 13.2. The van der Waals surface area contributed by atoms with Gasteiger partial charge in [-0.3, -0.25) is 5.10 Å². The van der Waals surface area contributed by atoms with Gasteiger partial charge in [0, 0.05) is 0 Å². The number of carbonyl (C=O) groups is 1. The smallest absolute Gasteiger partial charge is 0.359 e. The third kappa shape index (κ3) is 2.23. The second-order valence-electron chi connectivity index (χ2n) is 3.00. The Hall–Kier alpha value is -1.65. The summed E-state index contributed by atoms with van der Waals surface area (Å²) >= 11 is 0. The molecular weight excluding hydrogens is 199 g/mol. The summed E-state index contributed by atoms with van der Waals surface area (Å²) in [6.07, 6.45) is 2.49. The van der Waals surface area contributed by atoms with Crippen LogP contribution in [0.5, 0.6) is 0 Å². The minimum atomic E-state index is -0.644. The fourth-order valence-electron chi connectivity index (χ4n) is 1.30. The van der Waals surface area contributed by atoms with E-state index >= 15 is 0 Å². The number of nitrogens with one attached hydrogen (secondary N) is 1. The number of hydrogen-bond acceptors (Lipinski definition) is 3. The lowest BCUT2D eigenvalue weighted by molar-refractivity contribution is 0.0592. The summed E-state index contributed by atoms with van der Waals surface area (Å²) in [4.78, 5) is 11.3. The van der Waals surface area contributed by atoms with E-state index in [1.165, 1.54) is 14.0 Å². The Bertz CT molecular complexity index is 472. The second-order valence-corrected chi connectivity index (χ2v) is 3.00. The van der Waals surface area contributed by atoms with Crippen molar-refractivity contribution in [3.63, 3.8) is 0 Å². The molecule has 0 aliphatic heterocycles. The number of nitrogens with zero attached hydrogens (tertiary/aromatic N) is 1. The molecule has 0 spiro atoms. The number of hydrogen-bond donors (Lipinski definition) is 1. The van der Waals surface area contributed by atoms with Crippen LogP contribution in [0.4, 0.5) is 4.39 Å². The summed E-state index contributed by atoms with van der Waals surface area (Å²) < 4.78 is 17.7. The molecule has 0 aliphatic carbocycles. The van der Waals surface area contributed by atoms with Crippen LogP contribution in [0.1, 0.15) is 30.8 Å². The monoisotopic (exact) mass is 212 g/mol. The maximum Gasteiger partial charge on any atom is 0.359 e. The highest BCUT2D eigenvalue weighted by Crippen LogP contribution is 1.93. The third-order valence-corrected chi connectivity index (χ3v) is 1.93. The number of esters is 1. The van der Waals surface area contributed by atoms with Crippen LogP contribution in [-0.4, -0.2) is 23.3 Å². The number of methoxy groups -OCH3 is 1. The van der Waals surface area contributed by atoms with Crippen LogP contribution in [0, 0.1) is 0 Å². The largest absolute Gasteiger partial charge is 0.464 e. The lowest BCUT2D eigenvalue weighted by Crippen LogP contribution is -2.28. The van der Waals surface area contributed by atoms with Crippen molar-refractivity contribution >= 4 is 17.9 Å². The lowest BCUT2D eigenvalue weighted by Gasteiger charge is -1.92. The van der Waals surface area contributed by atoms with Gasteiger partial charge in [-0.25, -0.2) is 9.18 Å². The zero-order valence-electron chi connectivity index (χ0n) is 8.93. The Morgan fingerprint density at radius 1 is 1.67 bits per heavy atom. The molecule has 1 heterocycles. The zero-order valence-corrected chi connectivity index (χ0v) is 8.93. The molecule has 1 aromatic rings. The summed E-state index contributed by atoms with van der Waals surface area (Å²) in [5.41, 5.74) is -0.0165. The predicted octanol–water partition coefficient (Wildman–Crippen LogP) is 0.484. The van der Waals surface area contributed by atoms with Gasteiger partial charge in [-0.2, -0.15) is 5.10 Å². The van der Waals surface area contributed by atoms with Crippen LogP contribution in [-0.2, 0) is 4.74 Å². The van der Waals surface area contributed by atoms with E-state index in [1.54, 1.807) is 6.08 Å². The van der Waals surface area contributed by atoms with E-state index in [9.17, 15) is 9.18 Å². The number of aromatic amines is 1. The Morgan fingerprint density at radius 2 is 2.33 bits per heavy atom. The number of ether oxygens (including phenoxy) is 1. The molecule has 0 radical (unpaired) electrons. The van der Waals surface area contributed by atoms with Crippen LogP contribution in [0.2, 0.25) is 0 Å². The van der Waals surface area contributed by atoms with E-state index in [-0.39, 0.29) is 10.9 Å². The Morgan fingerprint density at radius 3 is 2.80 bits per heavy atom. The quantitative estimate of drug-likeness (QED) is 0.726. The highest BCUT2D eigenvalue weighted by Gasteiger charge is 2.13. The lowest BCUT2D eigenvalue weighted by atomic mass is 10.2. The zero-order chi connectivity index (χ0) is 11.4. The molecule has 0 bridgehead atoms. The van der Waals surface area contributed by atoms with E-state index in [0.717, 1.165) is 6.42 Å². The Labute approximate surface area is 86.4 Å². The van der Waals surface area contributed by atoms with E-state index in [1.807, 2.05) is 6.92 Å². The molecule has 1 aromatic heterocycles. The SMILES string of the molecule is CCC=c1[nH]nc(C(=O)OC)c1=C(C)F. The van der Waals surface area contributed by atoms with Crippen molar-refractivity contribution in [2.75, 3.05) is 7.11 Å². The van der Waals surface area contributed by atoms with Gasteiger partial charge in [0.1, 0.15) is 5.83 Å². The van der Waals surface area contributed by atoms with Gasteiger partial charge >= 0.3 is 5.97 Å². The summed E-state index contributed by atoms with van der Waals surface area (Å²) in [6, 6.07) is 0. The van der Waals surface area contributed by atoms with E-state index in [4.69, 9.17) is 0 Å². The predicted molar refractivity (Wildman–Crippen MR) is 54.1 cm³/mol. The van der Waals surface area contributed by atoms with Gasteiger partial charge in [-0.1, -0.05) is 13.0 Å². The molecule has 4 nitrogen and oxygen atoms in total. The highest BCUT2D eigenvalue weighted by molar-refractivity contribution is 5.87. The molecule has 0 aliphatic rings. The van der Waals surface area contributed by atoms with Crippen molar-refractivity contribution in [2.24, 2.45) is 0 Å². The topological polar surface area (TPSA) is 55.0 Å². The van der Waals surface area contributed by atoms with Crippen LogP contribution < -0.4 is 10.6 Å². The van der Waals surface area contributed by atoms with Crippen LogP contribution in [0.3, 0.4) is 0 Å². The molecule has 0 atom stereocenters. The normalized spacial score (nSPS) is 14.0. The van der Waals surface area contributed by atoms with Gasteiger partial charge in [0.15, 0.2) is 5.69 Å². The molecule has 0 aromatic carbocycles. The van der Waals surface area contributed by atoms with Gasteiger partial charge in [-0.05, 0) is 13.3 Å². The fraction of sp³-hybridized carbons (Fsp3) is 0.400. The first-order valence-corrected chi connectivity index (χ1v) is 4.61. The number of H-pyrrole nitrogens is 1. The van der Waals surface area contributed by atoms with Gasteiger partial charge in [0.25, 0.3) is 0 Å². The molecule has 1 N–H and O–H groups in total. The number of carbonyl (C=O) groups excluding carboxylic acids is 1. The first kappa shape index (κ1) is 11.4. The molecule has 0 saturated heterocycles. The fourth-order valence-corrected chi connectivity index (χ4v) is 1.30. The molecule has 1 rings (SSSR count). The minimum absolute atomic E-state index is 0.0165. The maximum absolute atomic E-state index is 13.2. The standard InChI is InChI=1S/C10H13FN2O2/c1-4-5-7-8(6(2)11)9(13-12-7)10(14)15-3/h5,12H,4H2,1-3H3. The van der Waals surface area contributed by atoms with Crippen molar-refractivity contribution in [1.82, 2.24) is 10.2 Å². The van der Waals surface area contributed by atoms with Crippen molar-refractivity contribution < 1.29 is 13.9 Å². The highest BCUT2D eigenvalue weighted by atomic mass is 19.1. The van der Waals surface area contributed by atoms with Crippen LogP contribution in [0.25, 0.3) is 11.9 Å². The van der Waals surface area contributed by atoms with Crippen molar-refractivity contribution in [3.8, 4) is 0 Å². The number of rotatable bonds is 2. The molecule has 82 valence electrons. The number of aromatic nitrogens is 2. The number of halogens is 1. The average Bonchev–Trinajstić information content (AvgIpc) is 2.61. The van der Waals surface area contributed by atoms with Gasteiger partial charge < -0.3 is 4.74 Å². The first-order valence-electron chi connectivity index (χ1n) is 4.61. The second kappa shape index (κ2) is 4.72. The molecule has 0 unspecified atom stereocenters. The van der Waals surface area contributed by atoms with Gasteiger partial charge in [0.05, 0.1) is 17.7 Å². The Kier molecular flexibility index (Phi) is 3.60. The molecule has 0 saturated carbocycles. The summed E-state index contributed by atoms with van der Waals surface area (Å²) in [5.74, 6) is -1.10. The summed E-state index contributed by atoms with van der Waals surface area (Å²) in [5, 5.41) is 7.04. The minimum Gasteiger partial charge on any atom is -0.464 e. The molecule has 5 heteroatoms. The molecular formula is C10H13FN2O2. The average molecular weight is 212 g/mol. The molecule has 0 amide bonds.